The predicted molar refractivity (Wildman–Crippen MR) is 102 cm³/mol. The van der Waals surface area contributed by atoms with Gasteiger partial charge < -0.3 is 14.4 Å². The number of carbonyl (C=O) groups excluding carboxylic acids is 1. The second-order valence-electron chi connectivity index (χ2n) is 7.16. The van der Waals surface area contributed by atoms with Crippen molar-refractivity contribution in [3.05, 3.63) is 59.7 Å². The van der Waals surface area contributed by atoms with E-state index in [4.69, 9.17) is 9.47 Å². The zero-order valence-electron chi connectivity index (χ0n) is 15.2. The first-order valence-electron chi connectivity index (χ1n) is 9.48. The summed E-state index contributed by atoms with van der Waals surface area (Å²) in [4.78, 5) is 15.0. The van der Waals surface area contributed by atoms with Gasteiger partial charge in [-0.25, -0.2) is 0 Å². The molecule has 4 heteroatoms. The van der Waals surface area contributed by atoms with E-state index in [-0.39, 0.29) is 18.1 Å². The van der Waals surface area contributed by atoms with Gasteiger partial charge in [0.15, 0.2) is 0 Å². The van der Waals surface area contributed by atoms with Crippen LogP contribution in [0.2, 0.25) is 0 Å². The molecule has 2 aromatic carbocycles. The Morgan fingerprint density at radius 2 is 1.96 bits per heavy atom. The van der Waals surface area contributed by atoms with E-state index in [1.807, 2.05) is 47.4 Å². The highest BCUT2D eigenvalue weighted by Gasteiger charge is 2.28. The third kappa shape index (κ3) is 3.47. The van der Waals surface area contributed by atoms with Gasteiger partial charge in [-0.15, -0.1) is 0 Å². The van der Waals surface area contributed by atoms with E-state index < -0.39 is 0 Å². The first kappa shape index (κ1) is 17.1. The molecule has 1 fully saturated rings. The molecular weight excluding hydrogens is 326 g/mol. The first-order chi connectivity index (χ1) is 12.7. The lowest BCUT2D eigenvalue weighted by Crippen LogP contribution is -2.42. The number of amides is 1. The third-order valence-electron chi connectivity index (χ3n) is 5.30. The molecule has 2 aliphatic rings. The van der Waals surface area contributed by atoms with E-state index >= 15 is 0 Å². The molecule has 2 aromatic rings. The number of ether oxygens (including phenoxy) is 2. The molecule has 2 atom stereocenters. The topological polar surface area (TPSA) is 38.8 Å². The molecule has 4 rings (SSSR count). The van der Waals surface area contributed by atoms with Gasteiger partial charge in [-0.1, -0.05) is 18.2 Å². The molecule has 0 aromatic heterocycles. The van der Waals surface area contributed by atoms with E-state index in [2.05, 4.69) is 13.0 Å². The van der Waals surface area contributed by atoms with Crippen LogP contribution in [-0.4, -0.2) is 31.3 Å². The van der Waals surface area contributed by atoms with Crippen molar-refractivity contribution in [3.8, 4) is 5.75 Å². The number of fused-ring (bicyclic) bond motifs is 1. The van der Waals surface area contributed by atoms with Gasteiger partial charge in [0, 0.05) is 23.9 Å². The SMILES string of the molecule is CC1CCc2ccccc2N1C(=O)c1ccc(OCC2CCCO2)cc1. The van der Waals surface area contributed by atoms with Crippen molar-refractivity contribution in [1.82, 2.24) is 0 Å². The largest absolute Gasteiger partial charge is 0.491 e. The molecule has 26 heavy (non-hydrogen) atoms. The van der Waals surface area contributed by atoms with E-state index in [1.54, 1.807) is 0 Å². The molecule has 136 valence electrons. The second kappa shape index (κ2) is 7.50. The second-order valence-corrected chi connectivity index (χ2v) is 7.16. The monoisotopic (exact) mass is 351 g/mol. The number of para-hydroxylation sites is 1. The molecule has 2 heterocycles. The summed E-state index contributed by atoms with van der Waals surface area (Å²) in [5, 5.41) is 0. The maximum absolute atomic E-state index is 13.1. The Morgan fingerprint density at radius 3 is 2.73 bits per heavy atom. The Bertz CT molecular complexity index is 765. The number of nitrogens with zero attached hydrogens (tertiary/aromatic N) is 1. The van der Waals surface area contributed by atoms with Gasteiger partial charge >= 0.3 is 0 Å². The van der Waals surface area contributed by atoms with E-state index in [0.717, 1.165) is 43.7 Å². The number of hydrogen-bond donors (Lipinski definition) is 0. The number of aryl methyl sites for hydroxylation is 1. The van der Waals surface area contributed by atoms with Crippen LogP contribution in [0.1, 0.15) is 42.1 Å². The summed E-state index contributed by atoms with van der Waals surface area (Å²) in [6.07, 6.45) is 4.38. The normalized spacial score (nSPS) is 22.1. The quantitative estimate of drug-likeness (QED) is 0.828. The van der Waals surface area contributed by atoms with Gasteiger partial charge in [0.25, 0.3) is 5.91 Å². The van der Waals surface area contributed by atoms with E-state index in [0.29, 0.717) is 12.2 Å². The van der Waals surface area contributed by atoms with Crippen LogP contribution in [0.15, 0.2) is 48.5 Å². The van der Waals surface area contributed by atoms with Crippen molar-refractivity contribution in [1.29, 1.82) is 0 Å². The average molecular weight is 351 g/mol. The van der Waals surface area contributed by atoms with Gasteiger partial charge in [-0.2, -0.15) is 0 Å². The van der Waals surface area contributed by atoms with E-state index in [9.17, 15) is 4.79 Å². The summed E-state index contributed by atoms with van der Waals surface area (Å²) in [6.45, 7) is 3.52. The predicted octanol–water partition coefficient (Wildman–Crippen LogP) is 4.23. The summed E-state index contributed by atoms with van der Waals surface area (Å²) in [7, 11) is 0. The fourth-order valence-corrected chi connectivity index (χ4v) is 3.80. The Kier molecular flexibility index (Phi) is 4.93. The van der Waals surface area contributed by atoms with Gasteiger partial charge in [0.2, 0.25) is 0 Å². The van der Waals surface area contributed by atoms with Crippen molar-refractivity contribution in [2.45, 2.75) is 44.8 Å². The van der Waals surface area contributed by atoms with Crippen molar-refractivity contribution in [2.75, 3.05) is 18.1 Å². The number of carbonyl (C=O) groups is 1. The maximum atomic E-state index is 13.1. The van der Waals surface area contributed by atoms with Crippen molar-refractivity contribution < 1.29 is 14.3 Å². The molecule has 0 radical (unpaired) electrons. The van der Waals surface area contributed by atoms with Crippen molar-refractivity contribution in [3.63, 3.8) is 0 Å². The summed E-state index contributed by atoms with van der Waals surface area (Å²) < 4.78 is 11.4. The summed E-state index contributed by atoms with van der Waals surface area (Å²) >= 11 is 0. The lowest BCUT2D eigenvalue weighted by Gasteiger charge is -2.35. The van der Waals surface area contributed by atoms with Crippen LogP contribution in [0.25, 0.3) is 0 Å². The Hall–Kier alpha value is -2.33. The summed E-state index contributed by atoms with van der Waals surface area (Å²) in [5.74, 6) is 0.833. The van der Waals surface area contributed by atoms with Crippen LogP contribution < -0.4 is 9.64 Å². The van der Waals surface area contributed by atoms with Gasteiger partial charge in [-0.05, 0) is 68.5 Å². The highest BCUT2D eigenvalue weighted by atomic mass is 16.5. The van der Waals surface area contributed by atoms with Crippen LogP contribution in [0.4, 0.5) is 5.69 Å². The first-order valence-corrected chi connectivity index (χ1v) is 9.48. The van der Waals surface area contributed by atoms with Crippen LogP contribution in [0.5, 0.6) is 5.75 Å². The van der Waals surface area contributed by atoms with Crippen LogP contribution >= 0.6 is 0 Å². The van der Waals surface area contributed by atoms with Crippen molar-refractivity contribution >= 4 is 11.6 Å². The molecule has 1 saturated heterocycles. The zero-order valence-corrected chi connectivity index (χ0v) is 15.2. The molecule has 1 amide bonds. The number of hydrogen-bond acceptors (Lipinski definition) is 3. The Labute approximate surface area is 154 Å². The van der Waals surface area contributed by atoms with Crippen LogP contribution in [0.3, 0.4) is 0 Å². The Balaban J connectivity index is 1.47. The highest BCUT2D eigenvalue weighted by molar-refractivity contribution is 6.07. The number of benzene rings is 2. The molecule has 2 unspecified atom stereocenters. The smallest absolute Gasteiger partial charge is 0.258 e. The molecular formula is C22H25NO3. The minimum absolute atomic E-state index is 0.0512. The zero-order chi connectivity index (χ0) is 17.9. The molecule has 4 nitrogen and oxygen atoms in total. The minimum atomic E-state index is 0.0512. The molecule has 0 bridgehead atoms. The summed E-state index contributed by atoms with van der Waals surface area (Å²) in [5.41, 5.74) is 2.98. The van der Waals surface area contributed by atoms with Gasteiger partial charge in [0.1, 0.15) is 12.4 Å². The molecule has 0 spiro atoms. The lowest BCUT2D eigenvalue weighted by atomic mass is 9.96. The van der Waals surface area contributed by atoms with Gasteiger partial charge in [0.05, 0.1) is 6.10 Å². The van der Waals surface area contributed by atoms with Crippen LogP contribution in [0, 0.1) is 0 Å². The van der Waals surface area contributed by atoms with E-state index in [1.165, 1.54) is 5.56 Å². The molecule has 0 aliphatic carbocycles. The third-order valence-corrected chi connectivity index (χ3v) is 5.30. The summed E-state index contributed by atoms with van der Waals surface area (Å²) in [6, 6.07) is 15.9. The Morgan fingerprint density at radius 1 is 1.15 bits per heavy atom. The van der Waals surface area contributed by atoms with Gasteiger partial charge in [-0.3, -0.25) is 4.79 Å². The highest BCUT2D eigenvalue weighted by Crippen LogP contribution is 2.32. The molecule has 0 saturated carbocycles. The molecule has 0 N–H and O–H groups in total. The lowest BCUT2D eigenvalue weighted by molar-refractivity contribution is 0.0679. The average Bonchev–Trinajstić information content (AvgIpc) is 3.20. The van der Waals surface area contributed by atoms with Crippen molar-refractivity contribution in [2.24, 2.45) is 0 Å². The maximum Gasteiger partial charge on any atom is 0.258 e. The fourth-order valence-electron chi connectivity index (χ4n) is 3.80. The van der Waals surface area contributed by atoms with Crippen LogP contribution in [-0.2, 0) is 11.2 Å². The standard InChI is InChI=1S/C22H25NO3/c1-16-8-9-17-5-2-3-7-21(17)23(16)22(24)18-10-12-19(13-11-18)26-15-20-6-4-14-25-20/h2-3,5,7,10-13,16,20H,4,6,8-9,14-15H2,1H3. The fraction of sp³-hybridized carbons (Fsp3) is 0.409. The number of rotatable bonds is 4. The molecule has 2 aliphatic heterocycles. The number of anilines is 1. The minimum Gasteiger partial charge on any atom is -0.491 e.